The van der Waals surface area contributed by atoms with Gasteiger partial charge in [-0.2, -0.15) is 9.97 Å². The molecule has 2 aromatic heterocycles. The number of alkyl halides is 2. The Bertz CT molecular complexity index is 1820. The lowest BCUT2D eigenvalue weighted by atomic mass is 9.94. The predicted molar refractivity (Wildman–Crippen MR) is 158 cm³/mol. The molecule has 228 valence electrons. The highest BCUT2D eigenvalue weighted by atomic mass is 19.3. The van der Waals surface area contributed by atoms with Gasteiger partial charge in [0, 0.05) is 36.7 Å². The highest BCUT2D eigenvalue weighted by molar-refractivity contribution is 6.03. The van der Waals surface area contributed by atoms with E-state index in [9.17, 15) is 18.3 Å². The molecule has 8 nitrogen and oxygen atoms in total. The third-order valence-electron chi connectivity index (χ3n) is 8.93. The Morgan fingerprint density at radius 3 is 2.80 bits per heavy atom. The minimum absolute atomic E-state index is 0.0669. The summed E-state index contributed by atoms with van der Waals surface area (Å²) in [5, 5.41) is 13.2. The molecule has 0 amide bonds. The summed E-state index contributed by atoms with van der Waals surface area (Å²) in [5.74, 6) is -1.84. The van der Waals surface area contributed by atoms with E-state index < -0.39 is 23.1 Å². The molecular weight excluding hydrogens is 576 g/mol. The number of hydrazine groups is 1. The van der Waals surface area contributed by atoms with Crippen molar-refractivity contribution in [2.45, 2.75) is 50.0 Å². The Morgan fingerprint density at radius 1 is 1.09 bits per heavy atom. The zero-order valence-corrected chi connectivity index (χ0v) is 23.8. The molecule has 0 saturated carbocycles. The second kappa shape index (κ2) is 10.7. The summed E-state index contributed by atoms with van der Waals surface area (Å²) >= 11 is 0. The van der Waals surface area contributed by atoms with Gasteiger partial charge in [-0.25, -0.2) is 23.0 Å². The molecule has 7 rings (SSSR count). The number of aromatic nitrogens is 3. The maximum Gasteiger partial charge on any atom is 0.319 e. The number of fused-ring (bicyclic) bond motifs is 3. The molecule has 2 N–H and O–H groups in total. The van der Waals surface area contributed by atoms with Crippen molar-refractivity contribution in [1.82, 2.24) is 25.3 Å². The molecule has 0 bridgehead atoms. The summed E-state index contributed by atoms with van der Waals surface area (Å²) in [5.41, 5.74) is 2.16. The average molecular weight is 607 g/mol. The van der Waals surface area contributed by atoms with Gasteiger partial charge in [-0.3, -0.25) is 14.9 Å². The zero-order chi connectivity index (χ0) is 30.6. The number of rotatable bonds is 5. The third-order valence-corrected chi connectivity index (χ3v) is 8.93. The van der Waals surface area contributed by atoms with Crippen LogP contribution in [0.5, 0.6) is 11.8 Å². The van der Waals surface area contributed by atoms with Crippen molar-refractivity contribution in [3.05, 3.63) is 47.7 Å². The van der Waals surface area contributed by atoms with Crippen molar-refractivity contribution in [2.24, 2.45) is 0 Å². The van der Waals surface area contributed by atoms with Gasteiger partial charge in [0.2, 0.25) is 0 Å². The molecule has 5 heterocycles. The average Bonchev–Trinajstić information content (AvgIpc) is 3.32. The summed E-state index contributed by atoms with van der Waals surface area (Å²) in [6.07, 6.45) is 10.9. The number of hydrogen-bond donors (Lipinski definition) is 2. The fourth-order valence-corrected chi connectivity index (χ4v) is 6.95. The van der Waals surface area contributed by atoms with Crippen LogP contribution in [0.2, 0.25) is 0 Å². The molecule has 3 fully saturated rings. The molecule has 1 unspecified atom stereocenters. The lowest BCUT2D eigenvalue weighted by molar-refractivity contribution is 0.00803. The standard InChI is InChI=1S/C32H30F4N6O2/c1-2-21-24(33)8-7-19-13-20(43)14-22(25(19)21)27-26(34)28-23(15-37-27)29(42-12-5-3-4-10-38-42)40-30(39-28)44-18-31-9-6-11-41(31)17-32(35,36)16-31/h1,7-8,13-15,38,43H,3-6,9-12,16-18H2. The first-order valence-corrected chi connectivity index (χ1v) is 14.7. The molecular formula is C32H30F4N6O2. The van der Waals surface area contributed by atoms with Gasteiger partial charge in [-0.1, -0.05) is 18.4 Å². The zero-order valence-electron chi connectivity index (χ0n) is 23.8. The highest BCUT2D eigenvalue weighted by Crippen LogP contribution is 2.46. The van der Waals surface area contributed by atoms with E-state index >= 15 is 4.39 Å². The number of halogens is 4. The fraction of sp³-hybridized carbons (Fsp3) is 0.406. The number of nitrogens with zero attached hydrogens (tertiary/aromatic N) is 5. The largest absolute Gasteiger partial charge is 0.508 e. The van der Waals surface area contributed by atoms with Crippen molar-refractivity contribution in [1.29, 1.82) is 0 Å². The molecule has 4 aromatic rings. The van der Waals surface area contributed by atoms with Gasteiger partial charge in [0.25, 0.3) is 5.92 Å². The Balaban J connectivity index is 1.37. The summed E-state index contributed by atoms with van der Waals surface area (Å²) in [6, 6.07) is 5.18. The lowest BCUT2D eigenvalue weighted by Gasteiger charge is -2.30. The van der Waals surface area contributed by atoms with Crippen LogP contribution < -0.4 is 15.2 Å². The van der Waals surface area contributed by atoms with Gasteiger partial charge >= 0.3 is 6.01 Å². The third kappa shape index (κ3) is 4.84. The lowest BCUT2D eigenvalue weighted by Crippen LogP contribution is -2.43. The maximum atomic E-state index is 16.6. The summed E-state index contributed by atoms with van der Waals surface area (Å²) in [6.45, 7) is 1.43. The van der Waals surface area contributed by atoms with Crippen molar-refractivity contribution < 1.29 is 27.4 Å². The van der Waals surface area contributed by atoms with Crippen molar-refractivity contribution >= 4 is 27.5 Å². The van der Waals surface area contributed by atoms with Gasteiger partial charge in [0.1, 0.15) is 29.4 Å². The summed E-state index contributed by atoms with van der Waals surface area (Å²) < 4.78 is 66.3. The highest BCUT2D eigenvalue weighted by Gasteiger charge is 2.57. The van der Waals surface area contributed by atoms with E-state index in [0.29, 0.717) is 42.6 Å². The first-order valence-electron chi connectivity index (χ1n) is 14.7. The number of nitrogens with one attached hydrogen (secondary N) is 1. The molecule has 3 aliphatic rings. The summed E-state index contributed by atoms with van der Waals surface area (Å²) in [4.78, 5) is 15.2. The Kier molecular flexibility index (Phi) is 6.98. The van der Waals surface area contributed by atoms with E-state index in [4.69, 9.17) is 11.2 Å². The minimum Gasteiger partial charge on any atom is -0.508 e. The molecule has 12 heteroatoms. The topological polar surface area (TPSA) is 86.6 Å². The van der Waals surface area contributed by atoms with Crippen LogP contribution in [0.1, 0.15) is 44.1 Å². The van der Waals surface area contributed by atoms with Crippen molar-refractivity contribution in [2.75, 3.05) is 37.8 Å². The first kappa shape index (κ1) is 28.6. The fourth-order valence-electron chi connectivity index (χ4n) is 6.95. The normalized spacial score (nSPS) is 21.8. The molecule has 0 aliphatic carbocycles. The van der Waals surface area contributed by atoms with E-state index in [1.54, 1.807) is 4.90 Å². The Labute approximate surface area is 251 Å². The Morgan fingerprint density at radius 2 is 1.95 bits per heavy atom. The van der Waals surface area contributed by atoms with Gasteiger partial charge in [0.05, 0.1) is 23.0 Å². The van der Waals surface area contributed by atoms with Crippen LogP contribution in [-0.2, 0) is 0 Å². The van der Waals surface area contributed by atoms with Crippen LogP contribution in [0.25, 0.3) is 32.9 Å². The number of terminal acetylenes is 1. The molecule has 0 spiro atoms. The van der Waals surface area contributed by atoms with Crippen molar-refractivity contribution in [3.8, 4) is 35.4 Å². The van der Waals surface area contributed by atoms with Crippen LogP contribution in [0.3, 0.4) is 0 Å². The number of anilines is 1. The summed E-state index contributed by atoms with van der Waals surface area (Å²) in [7, 11) is 0. The second-order valence-corrected chi connectivity index (χ2v) is 11.9. The number of pyridine rings is 1. The van der Waals surface area contributed by atoms with E-state index in [1.165, 1.54) is 30.5 Å². The number of phenols is 1. The van der Waals surface area contributed by atoms with Crippen LogP contribution in [-0.4, -0.2) is 69.2 Å². The Hall–Kier alpha value is -4.21. The molecule has 0 radical (unpaired) electrons. The van der Waals surface area contributed by atoms with E-state index in [2.05, 4.69) is 26.3 Å². The number of aromatic hydroxyl groups is 1. The monoisotopic (exact) mass is 606 g/mol. The second-order valence-electron chi connectivity index (χ2n) is 11.9. The number of hydrogen-bond acceptors (Lipinski definition) is 8. The predicted octanol–water partition coefficient (Wildman–Crippen LogP) is 5.56. The van der Waals surface area contributed by atoms with Crippen LogP contribution >= 0.6 is 0 Å². The number of phenolic OH excluding ortho intramolecular Hbond substituents is 1. The van der Waals surface area contributed by atoms with Gasteiger partial charge in [0.15, 0.2) is 11.6 Å². The molecule has 1 atom stereocenters. The van der Waals surface area contributed by atoms with Crippen molar-refractivity contribution in [3.63, 3.8) is 0 Å². The molecule has 2 aromatic carbocycles. The number of benzene rings is 2. The molecule has 3 saturated heterocycles. The van der Waals surface area contributed by atoms with Gasteiger partial charge < -0.3 is 9.84 Å². The smallest absolute Gasteiger partial charge is 0.319 e. The van der Waals surface area contributed by atoms with E-state index in [-0.39, 0.29) is 59.1 Å². The van der Waals surface area contributed by atoms with E-state index in [1.807, 2.05) is 5.01 Å². The van der Waals surface area contributed by atoms with Gasteiger partial charge in [-0.05, 0) is 55.8 Å². The molecule has 3 aliphatic heterocycles. The van der Waals surface area contributed by atoms with Gasteiger partial charge in [-0.15, -0.1) is 6.42 Å². The van der Waals surface area contributed by atoms with Crippen LogP contribution in [0, 0.1) is 24.0 Å². The van der Waals surface area contributed by atoms with Crippen LogP contribution in [0.4, 0.5) is 23.4 Å². The maximum absolute atomic E-state index is 16.6. The minimum atomic E-state index is -2.82. The SMILES string of the molecule is C#Cc1c(F)ccc2cc(O)cc(-c3ncc4c(N5CCCCCN5)nc(OCC56CCCN5CC(F)(F)C6)nc4c3F)c12. The quantitative estimate of drug-likeness (QED) is 0.226. The van der Waals surface area contributed by atoms with E-state index in [0.717, 1.165) is 25.7 Å². The van der Waals surface area contributed by atoms with Crippen LogP contribution in [0.15, 0.2) is 30.5 Å². The molecule has 44 heavy (non-hydrogen) atoms. The first-order chi connectivity index (χ1) is 21.2. The number of ether oxygens (including phenoxy) is 1.